The van der Waals surface area contributed by atoms with E-state index in [1.165, 1.54) is 24.9 Å². The molecule has 0 aliphatic carbocycles. The molecule has 0 unspecified atom stereocenters. The number of aromatic nitrogens is 1. The van der Waals surface area contributed by atoms with Crippen molar-refractivity contribution < 1.29 is 14.1 Å². The second kappa shape index (κ2) is 8.68. The number of rotatable bonds is 5. The van der Waals surface area contributed by atoms with E-state index in [4.69, 9.17) is 4.52 Å². The molecule has 1 aliphatic heterocycles. The van der Waals surface area contributed by atoms with E-state index in [2.05, 4.69) is 20.7 Å². The zero-order valence-electron chi connectivity index (χ0n) is 17.7. The van der Waals surface area contributed by atoms with Crippen LogP contribution in [0, 0.1) is 6.92 Å². The van der Waals surface area contributed by atoms with Gasteiger partial charge in [-0.15, -0.1) is 0 Å². The molecule has 0 atom stereocenters. The standard InChI is InChI=1S/C22H30N4O3/c1-15-19(20(25-29-15)22(2,3)4)21(28)23-14-18(27)24-16-8-10-17(11-9-16)26-12-6-5-7-13-26/h8-11H,5-7,12-14H2,1-4H3,(H,23,28)(H,24,27). The molecule has 156 valence electrons. The smallest absolute Gasteiger partial charge is 0.257 e. The number of piperidine rings is 1. The molecule has 1 fully saturated rings. The highest BCUT2D eigenvalue weighted by Crippen LogP contribution is 2.27. The zero-order valence-corrected chi connectivity index (χ0v) is 17.7. The molecule has 7 nitrogen and oxygen atoms in total. The highest BCUT2D eigenvalue weighted by Gasteiger charge is 2.28. The lowest BCUT2D eigenvalue weighted by molar-refractivity contribution is -0.115. The number of benzene rings is 1. The summed E-state index contributed by atoms with van der Waals surface area (Å²) in [5.41, 5.74) is 2.54. The summed E-state index contributed by atoms with van der Waals surface area (Å²) < 4.78 is 5.19. The van der Waals surface area contributed by atoms with Crippen molar-refractivity contribution in [2.45, 2.75) is 52.4 Å². The predicted molar refractivity (Wildman–Crippen MR) is 113 cm³/mol. The normalized spacial score (nSPS) is 14.6. The average Bonchev–Trinajstić information content (AvgIpc) is 3.09. The number of anilines is 2. The third-order valence-electron chi connectivity index (χ3n) is 5.08. The Morgan fingerprint density at radius 1 is 1.10 bits per heavy atom. The lowest BCUT2D eigenvalue weighted by Crippen LogP contribution is -2.34. The molecule has 3 rings (SSSR count). The number of amides is 2. The van der Waals surface area contributed by atoms with Gasteiger partial charge in [0.2, 0.25) is 5.91 Å². The molecule has 0 spiro atoms. The summed E-state index contributed by atoms with van der Waals surface area (Å²) in [4.78, 5) is 27.2. The molecule has 1 aromatic carbocycles. The fourth-order valence-corrected chi connectivity index (χ4v) is 3.51. The van der Waals surface area contributed by atoms with Gasteiger partial charge >= 0.3 is 0 Å². The Morgan fingerprint density at radius 3 is 2.38 bits per heavy atom. The van der Waals surface area contributed by atoms with Gasteiger partial charge in [-0.25, -0.2) is 0 Å². The first-order valence-corrected chi connectivity index (χ1v) is 10.2. The van der Waals surface area contributed by atoms with E-state index in [1.54, 1.807) is 6.92 Å². The molecule has 2 heterocycles. The Morgan fingerprint density at radius 2 is 1.76 bits per heavy atom. The summed E-state index contributed by atoms with van der Waals surface area (Å²) in [6.45, 7) is 9.61. The van der Waals surface area contributed by atoms with Gasteiger partial charge in [-0.05, 0) is 50.5 Å². The summed E-state index contributed by atoms with van der Waals surface area (Å²) in [7, 11) is 0. The van der Waals surface area contributed by atoms with Gasteiger partial charge in [-0.3, -0.25) is 9.59 Å². The van der Waals surface area contributed by atoms with Crippen molar-refractivity contribution in [2.24, 2.45) is 0 Å². The molecule has 2 aromatic rings. The average molecular weight is 399 g/mol. The Hall–Kier alpha value is -2.83. The van der Waals surface area contributed by atoms with Gasteiger partial charge in [-0.2, -0.15) is 0 Å². The van der Waals surface area contributed by atoms with Crippen LogP contribution in [0.1, 0.15) is 61.8 Å². The number of hydrogen-bond acceptors (Lipinski definition) is 5. The molecule has 29 heavy (non-hydrogen) atoms. The van der Waals surface area contributed by atoms with Gasteiger partial charge in [0.05, 0.1) is 6.54 Å². The van der Waals surface area contributed by atoms with Gasteiger partial charge in [0, 0.05) is 29.9 Å². The first-order chi connectivity index (χ1) is 13.8. The minimum Gasteiger partial charge on any atom is -0.372 e. The maximum absolute atomic E-state index is 12.6. The summed E-state index contributed by atoms with van der Waals surface area (Å²) in [5, 5.41) is 9.49. The summed E-state index contributed by atoms with van der Waals surface area (Å²) >= 11 is 0. The molecule has 0 bridgehead atoms. The minimum absolute atomic E-state index is 0.124. The zero-order chi connectivity index (χ0) is 21.0. The molecular weight excluding hydrogens is 368 g/mol. The van der Waals surface area contributed by atoms with Crippen LogP contribution in [0.3, 0.4) is 0 Å². The third kappa shape index (κ3) is 5.16. The molecule has 1 aromatic heterocycles. The molecule has 1 aliphatic rings. The van der Waals surface area contributed by atoms with Crippen LogP contribution < -0.4 is 15.5 Å². The first-order valence-electron chi connectivity index (χ1n) is 10.2. The fraction of sp³-hybridized carbons (Fsp3) is 0.500. The first kappa shape index (κ1) is 20.9. The van der Waals surface area contributed by atoms with Crippen LogP contribution >= 0.6 is 0 Å². The van der Waals surface area contributed by atoms with E-state index in [-0.39, 0.29) is 23.8 Å². The van der Waals surface area contributed by atoms with Crippen LogP contribution in [0.2, 0.25) is 0 Å². The number of carbonyl (C=O) groups excluding carboxylic acids is 2. The van der Waals surface area contributed by atoms with Crippen LogP contribution in [0.15, 0.2) is 28.8 Å². The number of hydrogen-bond donors (Lipinski definition) is 2. The molecule has 2 amide bonds. The van der Waals surface area contributed by atoms with Gasteiger partial charge in [0.25, 0.3) is 5.91 Å². The van der Waals surface area contributed by atoms with E-state index >= 15 is 0 Å². The number of aryl methyl sites for hydroxylation is 1. The molecule has 1 saturated heterocycles. The quantitative estimate of drug-likeness (QED) is 0.803. The second-order valence-electron chi connectivity index (χ2n) is 8.54. The van der Waals surface area contributed by atoms with Gasteiger partial charge in [0.15, 0.2) is 0 Å². The van der Waals surface area contributed by atoms with E-state index in [0.717, 1.165) is 13.1 Å². The largest absolute Gasteiger partial charge is 0.372 e. The lowest BCUT2D eigenvalue weighted by Gasteiger charge is -2.28. The van der Waals surface area contributed by atoms with Crippen molar-refractivity contribution in [2.75, 3.05) is 29.9 Å². The molecular formula is C22H30N4O3. The topological polar surface area (TPSA) is 87.5 Å². The number of carbonyl (C=O) groups is 2. The third-order valence-corrected chi connectivity index (χ3v) is 5.08. The van der Waals surface area contributed by atoms with Crippen LogP contribution in [0.5, 0.6) is 0 Å². The van der Waals surface area contributed by atoms with Crippen molar-refractivity contribution in [3.63, 3.8) is 0 Å². The van der Waals surface area contributed by atoms with Crippen LogP contribution in [0.25, 0.3) is 0 Å². The summed E-state index contributed by atoms with van der Waals surface area (Å²) in [5.74, 6) is -0.194. The molecule has 0 radical (unpaired) electrons. The molecule has 2 N–H and O–H groups in total. The van der Waals surface area contributed by atoms with Crippen LogP contribution in [-0.4, -0.2) is 36.6 Å². The maximum atomic E-state index is 12.6. The van der Waals surface area contributed by atoms with Crippen LogP contribution in [-0.2, 0) is 10.2 Å². The monoisotopic (exact) mass is 398 g/mol. The summed E-state index contributed by atoms with van der Waals surface area (Å²) in [6, 6.07) is 7.84. The Balaban J connectivity index is 1.55. The Kier molecular flexibility index (Phi) is 6.25. The highest BCUT2D eigenvalue weighted by atomic mass is 16.5. The van der Waals surface area contributed by atoms with Gasteiger partial charge < -0.3 is 20.1 Å². The van der Waals surface area contributed by atoms with Crippen molar-refractivity contribution in [1.29, 1.82) is 0 Å². The molecule has 7 heteroatoms. The second-order valence-corrected chi connectivity index (χ2v) is 8.54. The minimum atomic E-state index is -0.357. The number of nitrogens with one attached hydrogen (secondary N) is 2. The predicted octanol–water partition coefficient (Wildman–Crippen LogP) is 3.64. The van der Waals surface area contributed by atoms with E-state index in [1.807, 2.05) is 45.0 Å². The Bertz CT molecular complexity index is 859. The number of nitrogens with zero attached hydrogens (tertiary/aromatic N) is 2. The van der Waals surface area contributed by atoms with Crippen molar-refractivity contribution >= 4 is 23.2 Å². The van der Waals surface area contributed by atoms with E-state index in [0.29, 0.717) is 22.7 Å². The SMILES string of the molecule is Cc1onc(C(C)(C)C)c1C(=O)NCC(=O)Nc1ccc(N2CCCCC2)cc1. The van der Waals surface area contributed by atoms with Gasteiger partial charge in [-0.1, -0.05) is 25.9 Å². The summed E-state index contributed by atoms with van der Waals surface area (Å²) in [6.07, 6.45) is 3.74. The van der Waals surface area contributed by atoms with E-state index < -0.39 is 0 Å². The molecule has 0 saturated carbocycles. The van der Waals surface area contributed by atoms with Crippen molar-refractivity contribution in [3.05, 3.63) is 41.3 Å². The highest BCUT2D eigenvalue weighted by molar-refractivity contribution is 6.00. The van der Waals surface area contributed by atoms with E-state index in [9.17, 15) is 9.59 Å². The van der Waals surface area contributed by atoms with Crippen molar-refractivity contribution in [3.8, 4) is 0 Å². The van der Waals surface area contributed by atoms with Crippen molar-refractivity contribution in [1.82, 2.24) is 10.5 Å². The fourth-order valence-electron chi connectivity index (χ4n) is 3.51. The Labute approximate surface area is 171 Å². The maximum Gasteiger partial charge on any atom is 0.257 e. The lowest BCUT2D eigenvalue weighted by atomic mass is 9.88. The van der Waals surface area contributed by atoms with Gasteiger partial charge in [0.1, 0.15) is 17.0 Å². The van der Waals surface area contributed by atoms with Crippen LogP contribution in [0.4, 0.5) is 11.4 Å².